The van der Waals surface area contributed by atoms with Crippen LogP contribution in [0.15, 0.2) is 51.6 Å². The fourth-order valence-electron chi connectivity index (χ4n) is 1.42. The minimum atomic E-state index is -0.637. The number of carbonyl (C=O) groups excluding carboxylic acids is 1. The molecule has 0 fully saturated rings. The van der Waals surface area contributed by atoms with Gasteiger partial charge in [0.25, 0.3) is 0 Å². The number of nitrogens with two attached hydrogens (primary N) is 1. The Bertz CT molecular complexity index is 423. The molecule has 1 heterocycles. The van der Waals surface area contributed by atoms with E-state index < -0.39 is 10.9 Å². The summed E-state index contributed by atoms with van der Waals surface area (Å²) in [7, 11) is -0.637. The Kier molecular flexibility index (Phi) is 2.41. The number of aldehydes is 1. The normalized spacial score (nSPS) is 22.0. The average molecular weight is 205 g/mol. The van der Waals surface area contributed by atoms with Crippen LogP contribution in [0.3, 0.4) is 0 Å². The Balaban J connectivity index is 2.41. The summed E-state index contributed by atoms with van der Waals surface area (Å²) in [5.74, 6) is 0. The highest BCUT2D eigenvalue weighted by Crippen LogP contribution is 2.49. The van der Waals surface area contributed by atoms with E-state index in [2.05, 4.69) is 0 Å². The zero-order valence-electron chi connectivity index (χ0n) is 7.55. The number of allylic oxidation sites excluding steroid dienone is 3. The summed E-state index contributed by atoms with van der Waals surface area (Å²) in [6, 6.07) is 7.70. The van der Waals surface area contributed by atoms with Crippen LogP contribution in [-0.4, -0.2) is 6.29 Å². The van der Waals surface area contributed by atoms with Crippen LogP contribution in [0.1, 0.15) is 0 Å². The van der Waals surface area contributed by atoms with Crippen LogP contribution in [0.5, 0.6) is 0 Å². The molecule has 3 heteroatoms. The number of rotatable bonds is 2. The quantitative estimate of drug-likeness (QED) is 0.442. The smallest absolute Gasteiger partial charge is 0.155 e. The number of hydrogen-bond donors (Lipinski definition) is 2. The van der Waals surface area contributed by atoms with Crippen LogP contribution >= 0.6 is 10.9 Å². The molecule has 1 unspecified atom stereocenters. The summed E-state index contributed by atoms with van der Waals surface area (Å²) in [4.78, 5) is 12.7. The van der Waals surface area contributed by atoms with Crippen molar-refractivity contribution in [3.8, 4) is 0 Å². The van der Waals surface area contributed by atoms with Crippen LogP contribution < -0.4 is 5.73 Å². The molecule has 1 aliphatic rings. The van der Waals surface area contributed by atoms with E-state index in [1.54, 1.807) is 0 Å². The molecule has 2 N–H and O–H groups in total. The molecule has 0 bridgehead atoms. The topological polar surface area (TPSA) is 43.1 Å². The van der Waals surface area contributed by atoms with Crippen molar-refractivity contribution >= 4 is 22.9 Å². The molecule has 14 heavy (non-hydrogen) atoms. The third-order valence-electron chi connectivity index (χ3n) is 2.10. The van der Waals surface area contributed by atoms with Gasteiger partial charge in [0.1, 0.15) is 0 Å². The zero-order valence-corrected chi connectivity index (χ0v) is 8.45. The Labute approximate surface area is 85.5 Å². The summed E-state index contributed by atoms with van der Waals surface area (Å²) < 4.78 is 0. The van der Waals surface area contributed by atoms with Crippen LogP contribution in [0.2, 0.25) is 0 Å². The van der Waals surface area contributed by atoms with Crippen LogP contribution in [0, 0.1) is 0 Å². The van der Waals surface area contributed by atoms with Gasteiger partial charge in [0.05, 0.1) is 0 Å². The minimum Gasteiger partial charge on any atom is -0.398 e. The molecule has 0 saturated heterocycles. The maximum atomic E-state index is 10.8. The molecule has 1 atom stereocenters. The van der Waals surface area contributed by atoms with Crippen molar-refractivity contribution in [3.05, 3.63) is 46.7 Å². The predicted molar refractivity (Wildman–Crippen MR) is 61.4 cm³/mol. The lowest BCUT2D eigenvalue weighted by atomic mass is 10.3. The van der Waals surface area contributed by atoms with E-state index in [9.17, 15) is 4.79 Å². The van der Waals surface area contributed by atoms with Crippen molar-refractivity contribution in [2.75, 3.05) is 5.73 Å². The van der Waals surface area contributed by atoms with Gasteiger partial charge in [0, 0.05) is 15.5 Å². The zero-order chi connectivity index (χ0) is 9.97. The molecule has 0 aliphatic carbocycles. The monoisotopic (exact) mass is 205 g/mol. The lowest BCUT2D eigenvalue weighted by molar-refractivity contribution is -0.104. The summed E-state index contributed by atoms with van der Waals surface area (Å²) in [5.41, 5.74) is 6.62. The average Bonchev–Trinajstić information content (AvgIpc) is 2.66. The largest absolute Gasteiger partial charge is 0.398 e. The fraction of sp³-hybridized carbons (Fsp3) is 0. The molecule has 0 amide bonds. The number of carbonyl (C=O) groups is 1. The summed E-state index contributed by atoms with van der Waals surface area (Å²) >= 11 is 0. The Morgan fingerprint density at radius 2 is 2.07 bits per heavy atom. The van der Waals surface area contributed by atoms with E-state index in [-0.39, 0.29) is 0 Å². The second-order valence-electron chi connectivity index (χ2n) is 2.98. The van der Waals surface area contributed by atoms with Gasteiger partial charge in [-0.05, 0) is 23.6 Å². The molecule has 0 spiro atoms. The first kappa shape index (κ1) is 9.09. The van der Waals surface area contributed by atoms with E-state index in [1.165, 1.54) is 0 Å². The van der Waals surface area contributed by atoms with Crippen LogP contribution in [-0.2, 0) is 4.79 Å². The number of para-hydroxylation sites is 1. The molecular formula is C11H11NOS. The third-order valence-corrected chi connectivity index (χ3v) is 4.30. The summed E-state index contributed by atoms with van der Waals surface area (Å²) in [5, 5.41) is 2.05. The second kappa shape index (κ2) is 3.72. The second-order valence-corrected chi connectivity index (χ2v) is 5.02. The number of nitrogen functional groups attached to an aromatic ring is 1. The first-order valence-corrected chi connectivity index (χ1v) is 5.71. The molecule has 72 valence electrons. The predicted octanol–water partition coefficient (Wildman–Crippen LogP) is 2.24. The highest BCUT2D eigenvalue weighted by Gasteiger charge is 2.13. The molecule has 2 nitrogen and oxygen atoms in total. The van der Waals surface area contributed by atoms with Crippen molar-refractivity contribution in [1.29, 1.82) is 0 Å². The Morgan fingerprint density at radius 1 is 1.29 bits per heavy atom. The van der Waals surface area contributed by atoms with Gasteiger partial charge in [0.15, 0.2) is 6.29 Å². The molecule has 0 aromatic heterocycles. The molecule has 1 aromatic rings. The molecule has 0 saturated carbocycles. The minimum absolute atomic E-state index is 0.637. The fourth-order valence-corrected chi connectivity index (χ4v) is 3.25. The molecule has 2 rings (SSSR count). The lowest BCUT2D eigenvalue weighted by Crippen LogP contribution is -1.91. The van der Waals surface area contributed by atoms with Crippen LogP contribution in [0.4, 0.5) is 5.69 Å². The van der Waals surface area contributed by atoms with Crippen molar-refractivity contribution in [3.63, 3.8) is 0 Å². The van der Waals surface area contributed by atoms with Gasteiger partial charge < -0.3 is 5.73 Å². The van der Waals surface area contributed by atoms with Gasteiger partial charge in [-0.15, -0.1) is 0 Å². The molecule has 1 aliphatic heterocycles. The first-order valence-electron chi connectivity index (χ1n) is 4.30. The van der Waals surface area contributed by atoms with Crippen molar-refractivity contribution in [1.82, 2.24) is 0 Å². The van der Waals surface area contributed by atoms with Crippen molar-refractivity contribution in [2.24, 2.45) is 0 Å². The molecular weight excluding hydrogens is 194 g/mol. The summed E-state index contributed by atoms with van der Waals surface area (Å²) in [6.07, 6.45) is 4.69. The van der Waals surface area contributed by atoms with Gasteiger partial charge in [-0.25, -0.2) is 0 Å². The van der Waals surface area contributed by atoms with Gasteiger partial charge in [-0.2, -0.15) is 10.9 Å². The Hall–Kier alpha value is -1.48. The number of benzene rings is 1. The van der Waals surface area contributed by atoms with Crippen molar-refractivity contribution in [2.45, 2.75) is 4.90 Å². The number of thiol groups is 1. The highest BCUT2D eigenvalue weighted by atomic mass is 32.2. The lowest BCUT2D eigenvalue weighted by Gasteiger charge is -2.16. The van der Waals surface area contributed by atoms with E-state index >= 15 is 0 Å². The van der Waals surface area contributed by atoms with Crippen LogP contribution in [0.25, 0.3) is 0 Å². The SMILES string of the molecule is Nc1ccccc1[SH]1C=CC=C1C=O. The first-order chi connectivity index (χ1) is 6.83. The standard InChI is InChI=1S/C11H11NOS/c12-10-5-1-2-6-11(10)14-7-3-4-9(14)8-13/h1-8,14H,12H2. The van der Waals surface area contributed by atoms with Crippen molar-refractivity contribution < 1.29 is 4.79 Å². The maximum absolute atomic E-state index is 10.8. The van der Waals surface area contributed by atoms with E-state index in [0.717, 1.165) is 21.8 Å². The Morgan fingerprint density at radius 3 is 2.79 bits per heavy atom. The van der Waals surface area contributed by atoms with E-state index in [1.807, 2.05) is 41.8 Å². The van der Waals surface area contributed by atoms with Gasteiger partial charge in [-0.1, -0.05) is 18.2 Å². The third kappa shape index (κ3) is 1.46. The highest BCUT2D eigenvalue weighted by molar-refractivity contribution is 8.23. The number of hydrogen-bond acceptors (Lipinski definition) is 2. The van der Waals surface area contributed by atoms with E-state index in [4.69, 9.17) is 5.73 Å². The maximum Gasteiger partial charge on any atom is 0.155 e. The van der Waals surface area contributed by atoms with Gasteiger partial charge >= 0.3 is 0 Å². The molecule has 1 aromatic carbocycles. The van der Waals surface area contributed by atoms with Gasteiger partial charge in [-0.3, -0.25) is 4.79 Å². The van der Waals surface area contributed by atoms with Gasteiger partial charge in [0.2, 0.25) is 0 Å². The molecule has 0 radical (unpaired) electrons. The number of anilines is 1. The summed E-state index contributed by atoms with van der Waals surface area (Å²) in [6.45, 7) is 0. The van der Waals surface area contributed by atoms with E-state index in [0.29, 0.717) is 0 Å².